The summed E-state index contributed by atoms with van der Waals surface area (Å²) in [7, 11) is 1.79. The number of halogens is 3. The molecule has 0 radical (unpaired) electrons. The highest BCUT2D eigenvalue weighted by molar-refractivity contribution is 5.99. The molecule has 5 aromatic rings. The van der Waals surface area contributed by atoms with Crippen molar-refractivity contribution in [3.8, 4) is 12.1 Å². The number of aromatic nitrogens is 6. The Morgan fingerprint density at radius 3 is 2.45 bits per heavy atom. The highest BCUT2D eigenvalue weighted by Crippen LogP contribution is 2.55. The van der Waals surface area contributed by atoms with E-state index in [0.717, 1.165) is 10.1 Å². The Kier molecular flexibility index (Phi) is 6.72. The number of rotatable bonds is 7. The Bertz CT molecular complexity index is 1980. The van der Waals surface area contributed by atoms with Gasteiger partial charge in [0, 0.05) is 42.4 Å². The number of alkyl halides is 3. The first-order chi connectivity index (χ1) is 20.8. The predicted octanol–water partition coefficient (Wildman–Crippen LogP) is 6.17. The number of nitrogens with zero attached hydrogens (tertiary/aromatic N) is 8. The minimum atomic E-state index is -4.47. The van der Waals surface area contributed by atoms with Crippen molar-refractivity contribution >= 4 is 33.2 Å². The molecule has 2 N–H and O–H groups in total. The number of nitriles is 2. The summed E-state index contributed by atoms with van der Waals surface area (Å²) in [5, 5.41) is 40.7. The largest absolute Gasteiger partial charge is 0.413 e. The van der Waals surface area contributed by atoms with Crippen LogP contribution in [0.25, 0.3) is 21.8 Å². The van der Waals surface area contributed by atoms with E-state index in [9.17, 15) is 23.7 Å². The summed E-state index contributed by atoms with van der Waals surface area (Å²) in [5.74, 6) is 0. The summed E-state index contributed by atoms with van der Waals surface area (Å²) in [5.41, 5.74) is 1.56. The first-order valence-electron chi connectivity index (χ1n) is 14.0. The number of aryl methyl sites for hydroxylation is 1. The van der Waals surface area contributed by atoms with Crippen molar-refractivity contribution in [2.24, 2.45) is 12.5 Å². The highest BCUT2D eigenvalue weighted by Gasteiger charge is 2.66. The number of pyridine rings is 1. The lowest BCUT2D eigenvalue weighted by Gasteiger charge is -2.23. The maximum absolute atomic E-state index is 14.0. The van der Waals surface area contributed by atoms with Gasteiger partial charge in [-0.15, -0.1) is 5.10 Å². The van der Waals surface area contributed by atoms with Crippen LogP contribution in [0.15, 0.2) is 48.9 Å². The Morgan fingerprint density at radius 1 is 1.05 bits per heavy atom. The second kappa shape index (κ2) is 10.2. The van der Waals surface area contributed by atoms with Crippen LogP contribution in [-0.4, -0.2) is 42.5 Å². The Morgan fingerprint density at radius 2 is 1.80 bits per heavy atom. The minimum Gasteiger partial charge on any atom is -0.383 e. The molecule has 2 aromatic carbocycles. The third kappa shape index (κ3) is 5.04. The fourth-order valence-electron chi connectivity index (χ4n) is 5.39. The fraction of sp³-hybridized carbons (Fsp3) is 0.355. The van der Waals surface area contributed by atoms with Crippen LogP contribution in [0.4, 0.5) is 24.5 Å². The number of hydrogen-bond acceptors (Lipinski definition) is 8. The first kappa shape index (κ1) is 28.9. The van der Waals surface area contributed by atoms with Crippen LogP contribution >= 0.6 is 0 Å². The molecule has 1 aliphatic rings. The lowest BCUT2D eigenvalue weighted by molar-refractivity contribution is -0.182. The van der Waals surface area contributed by atoms with Crippen molar-refractivity contribution in [3.05, 3.63) is 71.3 Å². The Balaban J connectivity index is 1.51. The normalized spacial score (nSPS) is 15.1. The molecule has 0 aliphatic heterocycles. The van der Waals surface area contributed by atoms with Gasteiger partial charge in [-0.25, -0.2) is 4.68 Å². The molecule has 1 fully saturated rings. The first-order valence-corrected chi connectivity index (χ1v) is 14.0. The van der Waals surface area contributed by atoms with E-state index in [1.54, 1.807) is 23.9 Å². The van der Waals surface area contributed by atoms with Crippen molar-refractivity contribution in [1.29, 1.82) is 10.5 Å². The summed E-state index contributed by atoms with van der Waals surface area (Å²) in [6.07, 6.45) is 0.0205. The van der Waals surface area contributed by atoms with E-state index >= 15 is 0 Å². The standard InChI is InChI=1S/C31H29F3N10/c1-29(2,3)17-38-27-19(13-36)14-37-26-18(12-35)10-20(11-22(26)27)39-28(21-6-5-7-24-23(21)15-43(4)41-24)25-16-44(42-40-25)30(8-9-30)31(32,33)34/h5-7,10-11,14-16,28,39H,8-9,17H2,1-4H3,(H,37,38). The van der Waals surface area contributed by atoms with Crippen molar-refractivity contribution in [2.75, 3.05) is 17.2 Å². The molecule has 1 saturated carbocycles. The van der Waals surface area contributed by atoms with Crippen molar-refractivity contribution in [1.82, 2.24) is 29.8 Å². The number of nitrogens with one attached hydrogen (secondary N) is 2. The van der Waals surface area contributed by atoms with Crippen molar-refractivity contribution in [2.45, 2.75) is 51.4 Å². The summed E-state index contributed by atoms with van der Waals surface area (Å²) in [6, 6.07) is 12.6. The molecule has 6 rings (SSSR count). The molecule has 3 heterocycles. The third-order valence-electron chi connectivity index (χ3n) is 7.82. The predicted molar refractivity (Wildman–Crippen MR) is 159 cm³/mol. The summed E-state index contributed by atoms with van der Waals surface area (Å²) >= 11 is 0. The van der Waals surface area contributed by atoms with Crippen LogP contribution in [0, 0.1) is 28.1 Å². The van der Waals surface area contributed by atoms with Crippen molar-refractivity contribution in [3.63, 3.8) is 0 Å². The average Bonchev–Trinajstić information content (AvgIpc) is 3.49. The molecule has 0 saturated heterocycles. The van der Waals surface area contributed by atoms with Crippen LogP contribution in [0.2, 0.25) is 0 Å². The zero-order chi connectivity index (χ0) is 31.4. The van der Waals surface area contributed by atoms with Crippen LogP contribution in [0.5, 0.6) is 0 Å². The van der Waals surface area contributed by atoms with E-state index in [1.165, 1.54) is 12.4 Å². The van der Waals surface area contributed by atoms with Gasteiger partial charge in [0.1, 0.15) is 17.8 Å². The van der Waals surface area contributed by atoms with Gasteiger partial charge in [0.25, 0.3) is 0 Å². The van der Waals surface area contributed by atoms with E-state index in [4.69, 9.17) is 0 Å². The molecule has 0 amide bonds. The SMILES string of the molecule is Cn1cc2c(C(Nc3cc(C#N)c4ncc(C#N)c(NCC(C)(C)C)c4c3)c3cn(C4(C(F)(F)F)CC4)nn3)cccc2n1. The van der Waals surface area contributed by atoms with Crippen molar-refractivity contribution < 1.29 is 13.2 Å². The summed E-state index contributed by atoms with van der Waals surface area (Å²) < 4.78 is 44.5. The topological polar surface area (TPSA) is 133 Å². The molecule has 224 valence electrons. The summed E-state index contributed by atoms with van der Waals surface area (Å²) in [4.78, 5) is 4.41. The van der Waals surface area contributed by atoms with Gasteiger partial charge in [0.15, 0.2) is 5.54 Å². The molecule has 10 nitrogen and oxygen atoms in total. The van der Waals surface area contributed by atoms with E-state index in [-0.39, 0.29) is 29.5 Å². The molecule has 0 bridgehead atoms. The summed E-state index contributed by atoms with van der Waals surface area (Å²) in [6.45, 7) is 6.73. The van der Waals surface area contributed by atoms with Gasteiger partial charge in [-0.05, 0) is 42.0 Å². The molecule has 1 aliphatic carbocycles. The quantitative estimate of drug-likeness (QED) is 0.227. The number of benzene rings is 2. The second-order valence-corrected chi connectivity index (χ2v) is 12.4. The van der Waals surface area contributed by atoms with Gasteiger partial charge >= 0.3 is 6.18 Å². The maximum Gasteiger partial charge on any atom is 0.413 e. The molecule has 44 heavy (non-hydrogen) atoms. The zero-order valence-electron chi connectivity index (χ0n) is 24.5. The van der Waals surface area contributed by atoms with Gasteiger partial charge in [-0.2, -0.15) is 28.8 Å². The molecule has 0 spiro atoms. The number of anilines is 2. The molecule has 13 heteroatoms. The Labute approximate surface area is 251 Å². The smallest absolute Gasteiger partial charge is 0.383 e. The third-order valence-corrected chi connectivity index (χ3v) is 7.82. The number of fused-ring (bicyclic) bond motifs is 2. The lowest BCUT2D eigenvalue weighted by atomic mass is 9.96. The number of hydrogen-bond donors (Lipinski definition) is 2. The van der Waals surface area contributed by atoms with Crippen LogP contribution in [0.3, 0.4) is 0 Å². The monoisotopic (exact) mass is 598 g/mol. The van der Waals surface area contributed by atoms with Gasteiger partial charge in [0.05, 0.1) is 40.1 Å². The van der Waals surface area contributed by atoms with Crippen LogP contribution in [0.1, 0.15) is 62.0 Å². The molecule has 3 aromatic heterocycles. The maximum atomic E-state index is 14.0. The second-order valence-electron chi connectivity index (χ2n) is 12.4. The molecular formula is C31H29F3N10. The fourth-order valence-corrected chi connectivity index (χ4v) is 5.39. The molecule has 1 unspecified atom stereocenters. The lowest BCUT2D eigenvalue weighted by Crippen LogP contribution is -2.35. The van der Waals surface area contributed by atoms with E-state index in [2.05, 4.69) is 63.9 Å². The highest BCUT2D eigenvalue weighted by atomic mass is 19.4. The van der Waals surface area contributed by atoms with Gasteiger partial charge < -0.3 is 10.6 Å². The van der Waals surface area contributed by atoms with Gasteiger partial charge in [-0.3, -0.25) is 9.67 Å². The molecular weight excluding hydrogens is 569 g/mol. The van der Waals surface area contributed by atoms with Gasteiger partial charge in [0.2, 0.25) is 0 Å². The average molecular weight is 599 g/mol. The molecule has 1 atom stereocenters. The zero-order valence-corrected chi connectivity index (χ0v) is 24.5. The van der Waals surface area contributed by atoms with Gasteiger partial charge in [-0.1, -0.05) is 38.1 Å². The Hall–Kier alpha value is -5.17. The van der Waals surface area contributed by atoms with E-state index < -0.39 is 17.8 Å². The van der Waals surface area contributed by atoms with E-state index in [0.29, 0.717) is 45.5 Å². The van der Waals surface area contributed by atoms with Crippen LogP contribution < -0.4 is 10.6 Å². The van der Waals surface area contributed by atoms with E-state index in [1.807, 2.05) is 24.4 Å². The van der Waals surface area contributed by atoms with Crippen LogP contribution in [-0.2, 0) is 12.6 Å². The minimum absolute atomic E-state index is 0.0651.